The van der Waals surface area contributed by atoms with E-state index in [0.29, 0.717) is 0 Å². The van der Waals surface area contributed by atoms with Crippen molar-refractivity contribution in [2.24, 2.45) is 0 Å². The Morgan fingerprint density at radius 2 is 1.66 bits per heavy atom. The van der Waals surface area contributed by atoms with E-state index in [2.05, 4.69) is 10.6 Å². The van der Waals surface area contributed by atoms with E-state index in [1.807, 2.05) is 42.5 Å². The minimum atomic E-state index is -4.50. The number of nitrogens with one attached hydrogen (secondary N) is 2. The number of carbonyl (C=O) groups is 2. The quantitative estimate of drug-likeness (QED) is 0.660. The molecule has 150 valence electrons. The number of fused-ring (bicyclic) bond motifs is 1. The van der Waals surface area contributed by atoms with Gasteiger partial charge in [0.15, 0.2) is 0 Å². The van der Waals surface area contributed by atoms with Gasteiger partial charge in [-0.25, -0.2) is 0 Å². The van der Waals surface area contributed by atoms with Gasteiger partial charge < -0.3 is 10.6 Å². The predicted octanol–water partition coefficient (Wildman–Crippen LogP) is 4.54. The van der Waals surface area contributed by atoms with Crippen molar-refractivity contribution in [3.05, 3.63) is 77.9 Å². The summed E-state index contributed by atoms with van der Waals surface area (Å²) in [4.78, 5) is 24.6. The van der Waals surface area contributed by atoms with Crippen LogP contribution in [0.2, 0.25) is 0 Å². The lowest BCUT2D eigenvalue weighted by molar-refractivity contribution is -0.137. The predicted molar refractivity (Wildman–Crippen MR) is 105 cm³/mol. The molecule has 0 fully saturated rings. The molecule has 0 heterocycles. The largest absolute Gasteiger partial charge is 0.416 e. The molecule has 4 nitrogen and oxygen atoms in total. The maximum Gasteiger partial charge on any atom is 0.416 e. The number of anilines is 1. The lowest BCUT2D eigenvalue weighted by Crippen LogP contribution is -2.42. The van der Waals surface area contributed by atoms with Crippen molar-refractivity contribution in [1.82, 2.24) is 5.32 Å². The van der Waals surface area contributed by atoms with Gasteiger partial charge in [0, 0.05) is 5.69 Å². The number of carbonyl (C=O) groups excluding carboxylic acids is 2. The van der Waals surface area contributed by atoms with Gasteiger partial charge in [0.25, 0.3) is 0 Å². The molecule has 3 rings (SSSR count). The molecule has 0 unspecified atom stereocenters. The van der Waals surface area contributed by atoms with Crippen LogP contribution in [0.25, 0.3) is 10.8 Å². The summed E-state index contributed by atoms with van der Waals surface area (Å²) < 4.78 is 38.4. The molecule has 2 N–H and O–H groups in total. The normalized spacial score (nSPS) is 12.4. The molecule has 0 spiro atoms. The lowest BCUT2D eigenvalue weighted by Gasteiger charge is -2.15. The topological polar surface area (TPSA) is 58.2 Å². The van der Waals surface area contributed by atoms with Crippen LogP contribution in [0, 0.1) is 0 Å². The van der Waals surface area contributed by atoms with Gasteiger partial charge in [-0.15, -0.1) is 0 Å². The molecule has 3 aromatic rings. The SMILES string of the molecule is C[C@@H](NC(=O)Cc1cccc2ccccc12)C(=O)Nc1cccc(C(F)(F)F)c1. The Morgan fingerprint density at radius 3 is 2.41 bits per heavy atom. The number of alkyl halides is 3. The van der Waals surface area contributed by atoms with Crippen molar-refractivity contribution in [2.75, 3.05) is 5.32 Å². The Bertz CT molecular complexity index is 1040. The Labute approximate surface area is 165 Å². The molecule has 29 heavy (non-hydrogen) atoms. The van der Waals surface area contributed by atoms with Crippen LogP contribution < -0.4 is 10.6 Å². The van der Waals surface area contributed by atoms with Crippen LogP contribution >= 0.6 is 0 Å². The minimum Gasteiger partial charge on any atom is -0.344 e. The fourth-order valence-electron chi connectivity index (χ4n) is 3.00. The summed E-state index contributed by atoms with van der Waals surface area (Å²) in [6.07, 6.45) is -4.42. The Balaban J connectivity index is 1.63. The molecule has 0 aliphatic heterocycles. The first-order valence-electron chi connectivity index (χ1n) is 8.98. The van der Waals surface area contributed by atoms with Crippen LogP contribution in [0.5, 0.6) is 0 Å². The Hall–Kier alpha value is -3.35. The maximum absolute atomic E-state index is 12.8. The summed E-state index contributed by atoms with van der Waals surface area (Å²) >= 11 is 0. The number of benzene rings is 3. The number of hydrogen-bond donors (Lipinski definition) is 2. The highest BCUT2D eigenvalue weighted by Crippen LogP contribution is 2.30. The molecule has 2 amide bonds. The van der Waals surface area contributed by atoms with Crippen LogP contribution in [-0.2, 0) is 22.2 Å². The number of halogens is 3. The van der Waals surface area contributed by atoms with Crippen molar-refractivity contribution >= 4 is 28.3 Å². The highest BCUT2D eigenvalue weighted by Gasteiger charge is 2.30. The molecule has 7 heteroatoms. The third kappa shape index (κ3) is 5.13. The van der Waals surface area contributed by atoms with Crippen LogP contribution in [0.3, 0.4) is 0 Å². The molecular formula is C22H19F3N2O2. The van der Waals surface area contributed by atoms with E-state index in [9.17, 15) is 22.8 Å². The molecule has 0 aliphatic rings. The summed E-state index contributed by atoms with van der Waals surface area (Å²) in [7, 11) is 0. The average Bonchev–Trinajstić information content (AvgIpc) is 2.67. The fourth-order valence-corrected chi connectivity index (χ4v) is 3.00. The van der Waals surface area contributed by atoms with E-state index in [0.717, 1.165) is 28.5 Å². The Kier molecular flexibility index (Phi) is 5.87. The third-order valence-corrected chi connectivity index (χ3v) is 4.46. The van der Waals surface area contributed by atoms with E-state index >= 15 is 0 Å². The van der Waals surface area contributed by atoms with Crippen LogP contribution in [-0.4, -0.2) is 17.9 Å². The minimum absolute atomic E-state index is 0.0139. The zero-order valence-corrected chi connectivity index (χ0v) is 15.6. The van der Waals surface area contributed by atoms with E-state index in [1.165, 1.54) is 19.1 Å². The van der Waals surface area contributed by atoms with Gasteiger partial charge in [0.05, 0.1) is 12.0 Å². The first kappa shape index (κ1) is 20.4. The van der Waals surface area contributed by atoms with Crippen LogP contribution in [0.15, 0.2) is 66.7 Å². The molecule has 3 aromatic carbocycles. The highest BCUT2D eigenvalue weighted by atomic mass is 19.4. The summed E-state index contributed by atoms with van der Waals surface area (Å²) in [5, 5.41) is 6.94. The van der Waals surface area contributed by atoms with Gasteiger partial charge in [-0.2, -0.15) is 13.2 Å². The average molecular weight is 400 g/mol. The molecular weight excluding hydrogens is 381 g/mol. The van der Waals surface area contributed by atoms with Crippen molar-refractivity contribution < 1.29 is 22.8 Å². The van der Waals surface area contributed by atoms with E-state index in [-0.39, 0.29) is 18.0 Å². The standard InChI is InChI=1S/C22H19F3N2O2/c1-14(21(29)27-18-10-5-9-17(13-18)22(23,24)25)26-20(28)12-16-8-4-7-15-6-2-3-11-19(15)16/h2-11,13-14H,12H2,1H3,(H,26,28)(H,27,29)/t14-/m1/s1. The first-order chi connectivity index (χ1) is 13.7. The second-order valence-electron chi connectivity index (χ2n) is 6.67. The van der Waals surface area contributed by atoms with Gasteiger partial charge in [-0.05, 0) is 41.5 Å². The molecule has 0 radical (unpaired) electrons. The second kappa shape index (κ2) is 8.34. The number of rotatable bonds is 5. The van der Waals surface area contributed by atoms with E-state index in [1.54, 1.807) is 0 Å². The monoisotopic (exact) mass is 400 g/mol. The van der Waals surface area contributed by atoms with Gasteiger partial charge >= 0.3 is 6.18 Å². The fraction of sp³-hybridized carbons (Fsp3) is 0.182. The lowest BCUT2D eigenvalue weighted by atomic mass is 10.0. The molecule has 0 bridgehead atoms. The first-order valence-corrected chi connectivity index (χ1v) is 8.98. The van der Waals surface area contributed by atoms with Crippen LogP contribution in [0.4, 0.5) is 18.9 Å². The molecule has 0 aliphatic carbocycles. The summed E-state index contributed by atoms with van der Waals surface area (Å²) in [6, 6.07) is 16.7. The van der Waals surface area contributed by atoms with Gasteiger partial charge in [0.2, 0.25) is 11.8 Å². The Morgan fingerprint density at radius 1 is 0.966 bits per heavy atom. The summed E-state index contributed by atoms with van der Waals surface area (Å²) in [5.74, 6) is -0.955. The summed E-state index contributed by atoms with van der Waals surface area (Å²) in [5.41, 5.74) is -0.0194. The van der Waals surface area contributed by atoms with Gasteiger partial charge in [0.1, 0.15) is 6.04 Å². The van der Waals surface area contributed by atoms with Crippen molar-refractivity contribution in [3.63, 3.8) is 0 Å². The molecule has 0 aromatic heterocycles. The zero-order valence-electron chi connectivity index (χ0n) is 15.6. The second-order valence-corrected chi connectivity index (χ2v) is 6.67. The smallest absolute Gasteiger partial charge is 0.344 e. The van der Waals surface area contributed by atoms with Crippen molar-refractivity contribution in [2.45, 2.75) is 25.6 Å². The third-order valence-electron chi connectivity index (χ3n) is 4.46. The van der Waals surface area contributed by atoms with E-state index in [4.69, 9.17) is 0 Å². The number of amides is 2. The van der Waals surface area contributed by atoms with Gasteiger partial charge in [-0.1, -0.05) is 48.5 Å². The maximum atomic E-state index is 12.8. The summed E-state index contributed by atoms with van der Waals surface area (Å²) in [6.45, 7) is 1.48. The number of hydrogen-bond acceptors (Lipinski definition) is 2. The van der Waals surface area contributed by atoms with Gasteiger partial charge in [-0.3, -0.25) is 9.59 Å². The van der Waals surface area contributed by atoms with Crippen LogP contribution in [0.1, 0.15) is 18.1 Å². The van der Waals surface area contributed by atoms with E-state index < -0.39 is 23.7 Å². The molecule has 1 atom stereocenters. The highest BCUT2D eigenvalue weighted by molar-refractivity contribution is 5.98. The van der Waals surface area contributed by atoms with Crippen molar-refractivity contribution in [3.8, 4) is 0 Å². The van der Waals surface area contributed by atoms with Crippen molar-refractivity contribution in [1.29, 1.82) is 0 Å². The zero-order chi connectivity index (χ0) is 21.0. The molecule has 0 saturated carbocycles. The molecule has 0 saturated heterocycles.